The minimum absolute atomic E-state index is 0.00654. The minimum Gasteiger partial charge on any atom is -0.508 e. The number of hydrogen-bond acceptors (Lipinski definition) is 5. The zero-order valence-corrected chi connectivity index (χ0v) is 19.7. The number of sulfonamides is 1. The summed E-state index contributed by atoms with van der Waals surface area (Å²) in [5, 5.41) is 12.7. The fourth-order valence-electron chi connectivity index (χ4n) is 3.16. The second-order valence-corrected chi connectivity index (χ2v) is 9.48. The van der Waals surface area contributed by atoms with E-state index in [0.29, 0.717) is 11.3 Å². The van der Waals surface area contributed by atoms with Gasteiger partial charge in [0.05, 0.1) is 23.4 Å². The molecule has 3 aromatic carbocycles. The van der Waals surface area contributed by atoms with Crippen molar-refractivity contribution in [1.29, 1.82) is 0 Å². The van der Waals surface area contributed by atoms with Crippen molar-refractivity contribution >= 4 is 44.7 Å². The van der Waals surface area contributed by atoms with Crippen molar-refractivity contribution in [2.45, 2.75) is 11.8 Å². The van der Waals surface area contributed by atoms with Crippen LogP contribution in [-0.4, -0.2) is 33.1 Å². The molecule has 0 heterocycles. The van der Waals surface area contributed by atoms with Crippen LogP contribution in [0.4, 0.5) is 11.4 Å². The molecule has 0 atom stereocenters. The Morgan fingerprint density at radius 1 is 1.12 bits per heavy atom. The molecule has 3 aromatic rings. The van der Waals surface area contributed by atoms with E-state index in [4.69, 9.17) is 16.3 Å². The van der Waals surface area contributed by atoms with Crippen molar-refractivity contribution in [1.82, 2.24) is 0 Å². The van der Waals surface area contributed by atoms with Crippen LogP contribution in [0, 0.1) is 6.92 Å². The first-order valence-electron chi connectivity index (χ1n) is 9.83. The second-order valence-electron chi connectivity index (χ2n) is 7.18. The summed E-state index contributed by atoms with van der Waals surface area (Å²) in [5.74, 6) is -0.639. The zero-order chi connectivity index (χ0) is 24.2. The summed E-state index contributed by atoms with van der Waals surface area (Å²) in [6.45, 7) is 4.76. The fourth-order valence-corrected chi connectivity index (χ4v) is 4.75. The molecule has 0 aromatic heterocycles. The van der Waals surface area contributed by atoms with Gasteiger partial charge in [-0.1, -0.05) is 48.0 Å². The summed E-state index contributed by atoms with van der Waals surface area (Å²) >= 11 is 6.14. The molecule has 0 saturated heterocycles. The lowest BCUT2D eigenvalue weighted by Gasteiger charge is -2.26. The Hall–Kier alpha value is -3.49. The number of amides is 1. The molecular weight excluding hydrogens is 464 g/mol. The molecule has 3 rings (SSSR count). The third-order valence-electron chi connectivity index (χ3n) is 4.82. The van der Waals surface area contributed by atoms with Gasteiger partial charge in [-0.15, -0.1) is 0 Å². The molecular formula is C24H23ClN2O5S. The van der Waals surface area contributed by atoms with E-state index in [9.17, 15) is 18.3 Å². The van der Waals surface area contributed by atoms with E-state index < -0.39 is 22.5 Å². The normalized spacial score (nSPS) is 11.0. The largest absolute Gasteiger partial charge is 0.508 e. The maximum Gasteiger partial charge on any atom is 0.264 e. The highest BCUT2D eigenvalue weighted by atomic mass is 35.5. The van der Waals surface area contributed by atoms with Crippen LogP contribution in [-0.2, 0) is 14.8 Å². The number of methoxy groups -OCH3 is 1. The van der Waals surface area contributed by atoms with Crippen molar-refractivity contribution in [2.24, 2.45) is 0 Å². The predicted molar refractivity (Wildman–Crippen MR) is 130 cm³/mol. The first-order chi connectivity index (χ1) is 15.6. The zero-order valence-electron chi connectivity index (χ0n) is 18.1. The number of halogens is 1. The molecule has 0 spiro atoms. The van der Waals surface area contributed by atoms with Crippen molar-refractivity contribution < 1.29 is 23.1 Å². The Bertz CT molecular complexity index is 1290. The standard InChI is InChI=1S/C24H23ClN2O5S/c1-16-8-11-19(12-9-16)33(30,31)27(22-14-18(25)10-13-23(22)32-3)15-24(29)26-21-7-5-4-6-20(21)17(2)28/h4-14,28H,2,15H2,1,3H3,(H,26,29). The van der Waals surface area contributed by atoms with Crippen LogP contribution < -0.4 is 14.4 Å². The molecule has 2 N–H and O–H groups in total. The van der Waals surface area contributed by atoms with E-state index in [1.807, 2.05) is 6.92 Å². The van der Waals surface area contributed by atoms with Crippen LogP contribution in [0.5, 0.6) is 5.75 Å². The van der Waals surface area contributed by atoms with Gasteiger partial charge in [0.25, 0.3) is 10.0 Å². The molecule has 172 valence electrons. The molecule has 0 unspecified atom stereocenters. The third kappa shape index (κ3) is 5.47. The van der Waals surface area contributed by atoms with E-state index in [0.717, 1.165) is 9.87 Å². The van der Waals surface area contributed by atoms with E-state index in [1.54, 1.807) is 42.5 Å². The maximum absolute atomic E-state index is 13.6. The van der Waals surface area contributed by atoms with Crippen LogP contribution in [0.25, 0.3) is 5.76 Å². The van der Waals surface area contributed by atoms with Crippen molar-refractivity contribution in [3.05, 3.63) is 89.5 Å². The molecule has 0 aliphatic carbocycles. The molecule has 0 radical (unpaired) electrons. The number of hydrogen-bond donors (Lipinski definition) is 2. The summed E-state index contributed by atoms with van der Waals surface area (Å²) in [4.78, 5) is 13.0. The highest BCUT2D eigenvalue weighted by Gasteiger charge is 2.30. The van der Waals surface area contributed by atoms with E-state index in [2.05, 4.69) is 11.9 Å². The molecule has 7 nitrogen and oxygen atoms in total. The highest BCUT2D eigenvalue weighted by Crippen LogP contribution is 2.35. The molecule has 33 heavy (non-hydrogen) atoms. The van der Waals surface area contributed by atoms with Gasteiger partial charge in [0.15, 0.2) is 0 Å². The van der Waals surface area contributed by atoms with Crippen LogP contribution in [0.1, 0.15) is 11.1 Å². The average molecular weight is 487 g/mol. The number of benzene rings is 3. The number of carbonyl (C=O) groups excluding carboxylic acids is 1. The summed E-state index contributed by atoms with van der Waals surface area (Å²) < 4.78 is 33.4. The number of aliphatic hydroxyl groups is 1. The van der Waals surface area contributed by atoms with Crippen molar-refractivity contribution in [3.8, 4) is 5.75 Å². The quantitative estimate of drug-likeness (QED) is 0.436. The fraction of sp³-hybridized carbons (Fsp3) is 0.125. The molecule has 0 aliphatic rings. The average Bonchev–Trinajstić information content (AvgIpc) is 2.78. The Kier molecular flexibility index (Phi) is 7.30. The lowest BCUT2D eigenvalue weighted by molar-refractivity contribution is -0.114. The molecule has 0 bridgehead atoms. The number of aryl methyl sites for hydroxylation is 1. The number of aliphatic hydroxyl groups excluding tert-OH is 1. The smallest absolute Gasteiger partial charge is 0.264 e. The van der Waals surface area contributed by atoms with Gasteiger partial charge < -0.3 is 15.2 Å². The topological polar surface area (TPSA) is 95.9 Å². The Labute approximate surface area is 197 Å². The highest BCUT2D eigenvalue weighted by molar-refractivity contribution is 7.92. The summed E-state index contributed by atoms with van der Waals surface area (Å²) in [6.07, 6.45) is 0. The monoisotopic (exact) mass is 486 g/mol. The molecule has 0 aliphatic heterocycles. The molecule has 9 heteroatoms. The third-order valence-corrected chi connectivity index (χ3v) is 6.83. The molecule has 0 fully saturated rings. The first-order valence-corrected chi connectivity index (χ1v) is 11.7. The Balaban J connectivity index is 2.05. The van der Waals surface area contributed by atoms with Crippen LogP contribution >= 0.6 is 11.6 Å². The Morgan fingerprint density at radius 2 is 1.79 bits per heavy atom. The summed E-state index contributed by atoms with van der Waals surface area (Å²) in [6, 6.07) is 17.3. The number of anilines is 2. The predicted octanol–water partition coefficient (Wildman–Crippen LogP) is 5.02. The van der Waals surface area contributed by atoms with Crippen molar-refractivity contribution in [2.75, 3.05) is 23.3 Å². The van der Waals surface area contributed by atoms with Gasteiger partial charge in [-0.05, 0) is 49.4 Å². The number of carbonyl (C=O) groups is 1. The second kappa shape index (κ2) is 9.97. The van der Waals surface area contributed by atoms with Gasteiger partial charge in [-0.2, -0.15) is 0 Å². The van der Waals surface area contributed by atoms with Gasteiger partial charge in [-0.25, -0.2) is 8.42 Å². The van der Waals surface area contributed by atoms with Crippen LogP contribution in [0.15, 0.2) is 78.2 Å². The van der Waals surface area contributed by atoms with Gasteiger partial charge in [0, 0.05) is 10.6 Å². The molecule has 1 amide bonds. The summed E-state index contributed by atoms with van der Waals surface area (Å²) in [5.41, 5.74) is 1.61. The van der Waals surface area contributed by atoms with Gasteiger partial charge in [-0.3, -0.25) is 9.10 Å². The number of rotatable bonds is 8. The first kappa shape index (κ1) is 24.2. The maximum atomic E-state index is 13.6. The Morgan fingerprint density at radius 3 is 2.42 bits per heavy atom. The van der Waals surface area contributed by atoms with Crippen molar-refractivity contribution in [3.63, 3.8) is 0 Å². The number of nitrogens with one attached hydrogen (secondary N) is 1. The van der Waals surface area contributed by atoms with E-state index in [1.165, 1.54) is 31.4 Å². The molecule has 0 saturated carbocycles. The minimum atomic E-state index is -4.17. The van der Waals surface area contributed by atoms with Crippen LogP contribution in [0.3, 0.4) is 0 Å². The van der Waals surface area contributed by atoms with E-state index >= 15 is 0 Å². The summed E-state index contributed by atoms with van der Waals surface area (Å²) in [7, 11) is -2.77. The number of ether oxygens (including phenoxy) is 1. The lowest BCUT2D eigenvalue weighted by atomic mass is 10.1. The van der Waals surface area contributed by atoms with E-state index in [-0.39, 0.29) is 27.1 Å². The SMILES string of the molecule is C=C(O)c1ccccc1NC(=O)CN(c1cc(Cl)ccc1OC)S(=O)(=O)c1ccc(C)cc1. The van der Waals surface area contributed by atoms with Gasteiger partial charge in [0.2, 0.25) is 5.91 Å². The number of para-hydroxylation sites is 1. The van der Waals surface area contributed by atoms with Crippen LogP contribution in [0.2, 0.25) is 5.02 Å². The van der Waals surface area contributed by atoms with Gasteiger partial charge in [0.1, 0.15) is 18.1 Å². The van der Waals surface area contributed by atoms with Gasteiger partial charge >= 0.3 is 0 Å². The lowest BCUT2D eigenvalue weighted by Crippen LogP contribution is -2.38. The number of nitrogens with zero attached hydrogens (tertiary/aromatic N) is 1.